The third-order valence-electron chi connectivity index (χ3n) is 5.70. The van der Waals surface area contributed by atoms with E-state index in [0.29, 0.717) is 31.8 Å². The fourth-order valence-corrected chi connectivity index (χ4v) is 3.89. The van der Waals surface area contributed by atoms with E-state index in [4.69, 9.17) is 0 Å². The Bertz CT molecular complexity index is 488. The van der Waals surface area contributed by atoms with Gasteiger partial charge in [-0.05, 0) is 52.5 Å². The Kier molecular flexibility index (Phi) is 4.17. The van der Waals surface area contributed by atoms with Crippen LogP contribution in [0.2, 0.25) is 0 Å². The molecule has 0 radical (unpaired) electrons. The number of carbonyl (C=O) groups is 2. The summed E-state index contributed by atoms with van der Waals surface area (Å²) in [4.78, 5) is 31.3. The molecule has 0 aromatic carbocycles. The van der Waals surface area contributed by atoms with Crippen molar-refractivity contribution in [3.8, 4) is 0 Å². The van der Waals surface area contributed by atoms with Crippen molar-refractivity contribution in [2.45, 2.75) is 50.7 Å². The topological polar surface area (TPSA) is 64.1 Å². The third-order valence-corrected chi connectivity index (χ3v) is 5.70. The first-order valence-corrected chi connectivity index (χ1v) is 8.76. The number of likely N-dealkylation sites (N-methyl/N-ethyl adjacent to an activating group) is 1. The summed E-state index contributed by atoms with van der Waals surface area (Å²) >= 11 is 0. The molecule has 0 bridgehead atoms. The van der Waals surface area contributed by atoms with E-state index in [2.05, 4.69) is 4.90 Å². The predicted molar refractivity (Wildman–Crippen MR) is 86.8 cm³/mol. The normalized spacial score (nSPS) is 26.0. The maximum Gasteiger partial charge on any atom is 0.253 e. The van der Waals surface area contributed by atoms with E-state index in [1.165, 1.54) is 26.7 Å². The molecular weight excluding hydrogens is 294 g/mol. The van der Waals surface area contributed by atoms with E-state index in [1.54, 1.807) is 4.90 Å². The van der Waals surface area contributed by atoms with E-state index >= 15 is 0 Å². The number of hydrogen-bond acceptors (Lipinski definition) is 4. The summed E-state index contributed by atoms with van der Waals surface area (Å²) in [6.07, 6.45) is 3.82. The Labute approximate surface area is 138 Å². The molecule has 6 nitrogen and oxygen atoms in total. The van der Waals surface area contributed by atoms with Crippen molar-refractivity contribution >= 4 is 11.8 Å². The van der Waals surface area contributed by atoms with Crippen molar-refractivity contribution in [1.29, 1.82) is 0 Å². The lowest BCUT2D eigenvalue weighted by molar-refractivity contribution is -0.161. The van der Waals surface area contributed by atoms with Gasteiger partial charge >= 0.3 is 0 Å². The molecule has 0 aromatic heterocycles. The molecular formula is C17H29N3O3. The number of carbonyl (C=O) groups excluding carboxylic acids is 2. The second-order valence-electron chi connectivity index (χ2n) is 8.00. The number of nitrogens with zero attached hydrogens (tertiary/aromatic N) is 3. The number of aliphatic hydroxyl groups is 1. The van der Waals surface area contributed by atoms with Crippen molar-refractivity contribution < 1.29 is 14.7 Å². The quantitative estimate of drug-likeness (QED) is 0.811. The molecule has 0 atom stereocenters. The van der Waals surface area contributed by atoms with Crippen molar-refractivity contribution in [2.24, 2.45) is 5.92 Å². The number of hydrogen-bond donors (Lipinski definition) is 1. The molecule has 130 valence electrons. The minimum atomic E-state index is -1.34. The summed E-state index contributed by atoms with van der Waals surface area (Å²) in [5.74, 6) is 0.706. The summed E-state index contributed by atoms with van der Waals surface area (Å²) in [6, 6.07) is 0. The van der Waals surface area contributed by atoms with Crippen molar-refractivity contribution in [3.63, 3.8) is 0 Å². The lowest BCUT2D eigenvalue weighted by atomic mass is 9.82. The number of likely N-dealkylation sites (tertiary alicyclic amines) is 1. The van der Waals surface area contributed by atoms with Gasteiger partial charge in [-0.15, -0.1) is 0 Å². The van der Waals surface area contributed by atoms with Crippen LogP contribution in [0.15, 0.2) is 0 Å². The average molecular weight is 323 g/mol. The Morgan fingerprint density at radius 2 is 1.83 bits per heavy atom. The second kappa shape index (κ2) is 5.74. The van der Waals surface area contributed by atoms with Gasteiger partial charge in [-0.1, -0.05) is 0 Å². The Morgan fingerprint density at radius 1 is 1.22 bits per heavy atom. The van der Waals surface area contributed by atoms with Gasteiger partial charge in [0.05, 0.1) is 0 Å². The van der Waals surface area contributed by atoms with Gasteiger partial charge in [-0.2, -0.15) is 0 Å². The van der Waals surface area contributed by atoms with Crippen LogP contribution in [-0.2, 0) is 9.59 Å². The van der Waals surface area contributed by atoms with Crippen LogP contribution >= 0.6 is 0 Å². The molecule has 2 heterocycles. The molecule has 3 fully saturated rings. The molecule has 6 heteroatoms. The van der Waals surface area contributed by atoms with Gasteiger partial charge in [0.25, 0.3) is 5.91 Å². The molecule has 0 unspecified atom stereocenters. The number of piperazine rings is 1. The van der Waals surface area contributed by atoms with Crippen LogP contribution in [0.3, 0.4) is 0 Å². The highest BCUT2D eigenvalue weighted by Gasteiger charge is 2.50. The standard InChI is InChI=1S/C17H29N3O3/c1-16(2,23)14(21)19-8-6-17(7-9-19)15(22)20(11-10-18(17)3)12-13-4-5-13/h13,23H,4-12H2,1-3H3. The Hall–Kier alpha value is -1.14. The van der Waals surface area contributed by atoms with Gasteiger partial charge in [0, 0.05) is 32.7 Å². The van der Waals surface area contributed by atoms with E-state index in [1.807, 2.05) is 11.9 Å². The fourth-order valence-electron chi connectivity index (χ4n) is 3.89. The molecule has 2 saturated heterocycles. The number of amides is 2. The SMILES string of the molecule is CN1CCN(CC2CC2)C(=O)C12CCN(C(=O)C(C)(C)O)CC2. The van der Waals surface area contributed by atoms with Gasteiger partial charge < -0.3 is 14.9 Å². The van der Waals surface area contributed by atoms with Gasteiger partial charge in [-0.25, -0.2) is 0 Å². The summed E-state index contributed by atoms with van der Waals surface area (Å²) < 4.78 is 0. The largest absolute Gasteiger partial charge is 0.381 e. The molecule has 2 aliphatic heterocycles. The van der Waals surface area contributed by atoms with Crippen LogP contribution in [0.25, 0.3) is 0 Å². The lowest BCUT2D eigenvalue weighted by Gasteiger charge is -2.52. The van der Waals surface area contributed by atoms with Crippen LogP contribution in [0.5, 0.6) is 0 Å². The van der Waals surface area contributed by atoms with E-state index < -0.39 is 11.1 Å². The zero-order chi connectivity index (χ0) is 16.8. The third kappa shape index (κ3) is 3.11. The van der Waals surface area contributed by atoms with Crippen LogP contribution in [-0.4, -0.2) is 82.5 Å². The predicted octanol–water partition coefficient (Wildman–Crippen LogP) is 0.303. The van der Waals surface area contributed by atoms with Crippen molar-refractivity contribution in [1.82, 2.24) is 14.7 Å². The molecule has 1 aliphatic carbocycles. The molecule has 1 N–H and O–H groups in total. The molecule has 0 aromatic rings. The van der Waals surface area contributed by atoms with Crippen molar-refractivity contribution in [2.75, 3.05) is 39.8 Å². The first kappa shape index (κ1) is 16.7. The highest BCUT2D eigenvalue weighted by Crippen LogP contribution is 2.36. The summed E-state index contributed by atoms with van der Waals surface area (Å²) in [5.41, 5.74) is -1.80. The Balaban J connectivity index is 1.69. The van der Waals surface area contributed by atoms with E-state index in [-0.39, 0.29) is 11.8 Å². The maximum absolute atomic E-state index is 13.1. The zero-order valence-corrected chi connectivity index (χ0v) is 14.5. The minimum Gasteiger partial charge on any atom is -0.381 e. The van der Waals surface area contributed by atoms with Crippen molar-refractivity contribution in [3.05, 3.63) is 0 Å². The molecule has 1 spiro atoms. The highest BCUT2D eigenvalue weighted by molar-refractivity contribution is 5.88. The molecule has 3 rings (SSSR count). The maximum atomic E-state index is 13.1. The highest BCUT2D eigenvalue weighted by atomic mass is 16.3. The zero-order valence-electron chi connectivity index (χ0n) is 14.5. The fraction of sp³-hybridized carbons (Fsp3) is 0.882. The number of rotatable bonds is 3. The molecule has 1 saturated carbocycles. The van der Waals surface area contributed by atoms with Gasteiger partial charge in [0.1, 0.15) is 11.1 Å². The smallest absolute Gasteiger partial charge is 0.253 e. The summed E-state index contributed by atoms with van der Waals surface area (Å²) in [7, 11) is 2.03. The lowest BCUT2D eigenvalue weighted by Crippen LogP contribution is -2.68. The first-order valence-electron chi connectivity index (χ1n) is 8.76. The number of piperidine rings is 1. The van der Waals surface area contributed by atoms with Gasteiger partial charge in [0.2, 0.25) is 5.91 Å². The monoisotopic (exact) mass is 323 g/mol. The van der Waals surface area contributed by atoms with E-state index in [9.17, 15) is 14.7 Å². The van der Waals surface area contributed by atoms with Crippen LogP contribution in [0.1, 0.15) is 39.5 Å². The van der Waals surface area contributed by atoms with Gasteiger partial charge in [0.15, 0.2) is 0 Å². The minimum absolute atomic E-state index is 0.243. The first-order chi connectivity index (χ1) is 10.7. The molecule has 2 amide bonds. The summed E-state index contributed by atoms with van der Waals surface area (Å²) in [5, 5.41) is 9.92. The summed E-state index contributed by atoms with van der Waals surface area (Å²) in [6.45, 7) is 6.74. The van der Waals surface area contributed by atoms with Gasteiger partial charge in [-0.3, -0.25) is 14.5 Å². The van der Waals surface area contributed by atoms with E-state index in [0.717, 1.165) is 19.6 Å². The van der Waals surface area contributed by atoms with Crippen LogP contribution in [0.4, 0.5) is 0 Å². The molecule has 23 heavy (non-hydrogen) atoms. The van der Waals surface area contributed by atoms with Crippen LogP contribution < -0.4 is 0 Å². The average Bonchev–Trinajstić information content (AvgIpc) is 3.31. The Morgan fingerprint density at radius 3 is 2.35 bits per heavy atom. The molecule has 3 aliphatic rings. The van der Waals surface area contributed by atoms with Crippen LogP contribution in [0, 0.1) is 5.92 Å². The second-order valence-corrected chi connectivity index (χ2v) is 8.00.